The smallest absolute Gasteiger partial charge is 0.226 e. The van der Waals surface area contributed by atoms with Crippen molar-refractivity contribution in [2.45, 2.75) is 12.5 Å². The van der Waals surface area contributed by atoms with Crippen molar-refractivity contribution in [3.63, 3.8) is 0 Å². The summed E-state index contributed by atoms with van der Waals surface area (Å²) in [5.74, 6) is 0.779. The average Bonchev–Trinajstić information content (AvgIpc) is 3.17. The number of likely N-dealkylation sites (N-methyl/N-ethyl adjacent to an activating group) is 1. The average molecular weight is 397 g/mol. The van der Waals surface area contributed by atoms with Crippen molar-refractivity contribution in [3.05, 3.63) is 65.4 Å². The highest BCUT2D eigenvalue weighted by Crippen LogP contribution is 2.23. The van der Waals surface area contributed by atoms with Gasteiger partial charge in [-0.3, -0.25) is 9.78 Å². The second-order valence-electron chi connectivity index (χ2n) is 6.62. The molecule has 0 saturated heterocycles. The summed E-state index contributed by atoms with van der Waals surface area (Å²) in [6.07, 6.45) is 3.77. The number of methoxy groups -OCH3 is 1. The molecule has 1 atom stereocenters. The van der Waals surface area contributed by atoms with Gasteiger partial charge in [-0.25, -0.2) is 4.98 Å². The zero-order valence-electron chi connectivity index (χ0n) is 16.3. The van der Waals surface area contributed by atoms with Crippen LogP contribution >= 0.6 is 11.3 Å². The van der Waals surface area contributed by atoms with Gasteiger partial charge in [0.25, 0.3) is 0 Å². The molecule has 3 aromatic rings. The molecule has 0 aliphatic carbocycles. The molecule has 0 aliphatic rings. The lowest BCUT2D eigenvalue weighted by Gasteiger charge is -2.25. The molecule has 2 heterocycles. The maximum absolute atomic E-state index is 12.4. The molecule has 3 rings (SSSR count). The minimum absolute atomic E-state index is 0.0385. The second-order valence-corrected chi connectivity index (χ2v) is 7.48. The first kappa shape index (κ1) is 20.0. The second kappa shape index (κ2) is 9.43. The van der Waals surface area contributed by atoms with Gasteiger partial charge >= 0.3 is 0 Å². The zero-order valence-corrected chi connectivity index (χ0v) is 17.1. The van der Waals surface area contributed by atoms with Crippen molar-refractivity contribution in [1.82, 2.24) is 20.2 Å². The fourth-order valence-electron chi connectivity index (χ4n) is 2.87. The Kier molecular flexibility index (Phi) is 6.73. The van der Waals surface area contributed by atoms with E-state index in [2.05, 4.69) is 20.2 Å². The summed E-state index contributed by atoms with van der Waals surface area (Å²) in [6.45, 7) is 0.526. The van der Waals surface area contributed by atoms with E-state index in [1.807, 2.05) is 55.9 Å². The topological polar surface area (TPSA) is 67.3 Å². The van der Waals surface area contributed by atoms with Gasteiger partial charge in [0.1, 0.15) is 10.8 Å². The van der Waals surface area contributed by atoms with Crippen LogP contribution in [-0.4, -0.2) is 48.5 Å². The summed E-state index contributed by atoms with van der Waals surface area (Å²) in [6, 6.07) is 11.8. The number of rotatable bonds is 8. The summed E-state index contributed by atoms with van der Waals surface area (Å²) in [4.78, 5) is 23.2. The van der Waals surface area contributed by atoms with Crippen LogP contribution in [0.3, 0.4) is 0 Å². The summed E-state index contributed by atoms with van der Waals surface area (Å²) < 4.78 is 5.21. The van der Waals surface area contributed by atoms with Crippen LogP contribution in [-0.2, 0) is 11.2 Å². The van der Waals surface area contributed by atoms with Crippen molar-refractivity contribution in [3.8, 4) is 16.3 Å². The van der Waals surface area contributed by atoms with Gasteiger partial charge in [-0.2, -0.15) is 0 Å². The van der Waals surface area contributed by atoms with Crippen molar-refractivity contribution in [2.75, 3.05) is 27.7 Å². The van der Waals surface area contributed by atoms with Gasteiger partial charge in [-0.15, -0.1) is 11.3 Å². The number of hydrogen-bond acceptors (Lipinski definition) is 6. The summed E-state index contributed by atoms with van der Waals surface area (Å²) in [5.41, 5.74) is 2.86. The number of hydrogen-bond donors (Lipinski definition) is 1. The molecule has 2 aromatic heterocycles. The van der Waals surface area contributed by atoms with Gasteiger partial charge in [0, 0.05) is 29.9 Å². The fourth-order valence-corrected chi connectivity index (χ4v) is 3.68. The standard InChI is InChI=1S/C21H24N4O2S/c1-25(2)19(15-6-8-18(27-3)9-7-15)13-23-20(26)11-17-14-28-21(24-17)16-5-4-10-22-12-16/h4-10,12,14,19H,11,13H2,1-3H3,(H,23,26). The first-order valence-electron chi connectivity index (χ1n) is 8.98. The predicted octanol–water partition coefficient (Wildman–Crippen LogP) is 3.18. The molecule has 0 bridgehead atoms. The molecule has 0 saturated carbocycles. The largest absolute Gasteiger partial charge is 0.497 e. The number of amides is 1. The minimum Gasteiger partial charge on any atom is -0.497 e. The Balaban J connectivity index is 1.58. The molecule has 6 nitrogen and oxygen atoms in total. The molecule has 28 heavy (non-hydrogen) atoms. The van der Waals surface area contributed by atoms with Gasteiger partial charge in [0.15, 0.2) is 0 Å². The van der Waals surface area contributed by atoms with E-state index in [0.29, 0.717) is 6.54 Å². The van der Waals surface area contributed by atoms with E-state index < -0.39 is 0 Å². The lowest BCUT2D eigenvalue weighted by Crippen LogP contribution is -2.35. The molecule has 1 N–H and O–H groups in total. The predicted molar refractivity (Wildman–Crippen MR) is 111 cm³/mol. The molecule has 0 spiro atoms. The van der Waals surface area contributed by atoms with Crippen LogP contribution in [0, 0.1) is 0 Å². The summed E-state index contributed by atoms with van der Waals surface area (Å²) >= 11 is 1.52. The van der Waals surface area contributed by atoms with Gasteiger partial charge in [0.05, 0.1) is 25.3 Å². The third-order valence-corrected chi connectivity index (χ3v) is 5.36. The fraction of sp³-hybridized carbons (Fsp3) is 0.286. The number of thiazole rings is 1. The van der Waals surface area contributed by atoms with Crippen LogP contribution < -0.4 is 10.1 Å². The highest BCUT2D eigenvalue weighted by molar-refractivity contribution is 7.13. The number of ether oxygens (including phenoxy) is 1. The Hall–Kier alpha value is -2.77. The van der Waals surface area contributed by atoms with Gasteiger partial charge < -0.3 is 15.0 Å². The number of carbonyl (C=O) groups excluding carboxylic acids is 1. The third kappa shape index (κ3) is 5.15. The monoisotopic (exact) mass is 396 g/mol. The van der Waals surface area contributed by atoms with Crippen molar-refractivity contribution in [2.24, 2.45) is 0 Å². The van der Waals surface area contributed by atoms with E-state index >= 15 is 0 Å². The molecular formula is C21H24N4O2S. The first-order valence-corrected chi connectivity index (χ1v) is 9.86. The Labute approximate surface area is 169 Å². The maximum Gasteiger partial charge on any atom is 0.226 e. The molecule has 1 aromatic carbocycles. The minimum atomic E-state index is -0.0385. The molecule has 0 radical (unpaired) electrons. The van der Waals surface area contributed by atoms with Gasteiger partial charge in [-0.05, 0) is 43.9 Å². The Morgan fingerprint density at radius 2 is 2.04 bits per heavy atom. The quantitative estimate of drug-likeness (QED) is 0.633. The zero-order chi connectivity index (χ0) is 19.9. The van der Waals surface area contributed by atoms with E-state index in [1.54, 1.807) is 19.5 Å². The highest BCUT2D eigenvalue weighted by Gasteiger charge is 2.16. The molecule has 146 valence electrons. The lowest BCUT2D eigenvalue weighted by molar-refractivity contribution is -0.120. The number of benzene rings is 1. The molecule has 0 fully saturated rings. The van der Waals surface area contributed by atoms with E-state index in [0.717, 1.165) is 27.6 Å². The number of nitrogens with zero attached hydrogens (tertiary/aromatic N) is 3. The van der Waals surface area contributed by atoms with Crippen molar-refractivity contribution in [1.29, 1.82) is 0 Å². The van der Waals surface area contributed by atoms with E-state index in [4.69, 9.17) is 4.74 Å². The van der Waals surface area contributed by atoms with Crippen LogP contribution in [0.25, 0.3) is 10.6 Å². The molecule has 1 unspecified atom stereocenters. The normalized spacial score (nSPS) is 12.0. The van der Waals surface area contributed by atoms with Crippen LogP contribution in [0.5, 0.6) is 5.75 Å². The SMILES string of the molecule is COc1ccc(C(CNC(=O)Cc2csc(-c3cccnc3)n2)N(C)C)cc1. The number of aromatic nitrogens is 2. The van der Waals surface area contributed by atoms with E-state index in [1.165, 1.54) is 11.3 Å². The Morgan fingerprint density at radius 1 is 1.25 bits per heavy atom. The Morgan fingerprint density at radius 3 is 2.68 bits per heavy atom. The summed E-state index contributed by atoms with van der Waals surface area (Å²) in [7, 11) is 5.65. The first-order chi connectivity index (χ1) is 13.6. The van der Waals surface area contributed by atoms with Crippen LogP contribution in [0.4, 0.5) is 0 Å². The van der Waals surface area contributed by atoms with Gasteiger partial charge in [-0.1, -0.05) is 12.1 Å². The number of nitrogens with one attached hydrogen (secondary N) is 1. The molecule has 1 amide bonds. The van der Waals surface area contributed by atoms with Gasteiger partial charge in [0.2, 0.25) is 5.91 Å². The van der Waals surface area contributed by atoms with E-state index in [-0.39, 0.29) is 18.4 Å². The van der Waals surface area contributed by atoms with E-state index in [9.17, 15) is 4.79 Å². The van der Waals surface area contributed by atoms with Crippen LogP contribution in [0.1, 0.15) is 17.3 Å². The van der Waals surface area contributed by atoms with Crippen molar-refractivity contribution < 1.29 is 9.53 Å². The molecular weight excluding hydrogens is 372 g/mol. The van der Waals surface area contributed by atoms with Crippen molar-refractivity contribution >= 4 is 17.2 Å². The molecule has 7 heteroatoms. The Bertz CT molecular complexity index is 894. The van der Waals surface area contributed by atoms with Crippen LogP contribution in [0.15, 0.2) is 54.2 Å². The lowest BCUT2D eigenvalue weighted by atomic mass is 10.1. The summed E-state index contributed by atoms with van der Waals surface area (Å²) in [5, 5.41) is 5.83. The maximum atomic E-state index is 12.4. The third-order valence-electron chi connectivity index (χ3n) is 4.42. The van der Waals surface area contributed by atoms with Crippen LogP contribution in [0.2, 0.25) is 0 Å². The number of pyridine rings is 1. The molecule has 0 aliphatic heterocycles. The highest BCUT2D eigenvalue weighted by atomic mass is 32.1. The number of carbonyl (C=O) groups is 1.